The molecule has 4 bridgehead atoms. The molecule has 4 amide bonds. The zero-order chi connectivity index (χ0) is 31.4. The van der Waals surface area contributed by atoms with E-state index >= 15 is 0 Å². The van der Waals surface area contributed by atoms with E-state index in [-0.39, 0.29) is 12.1 Å². The Bertz CT molecular complexity index is 1770. The van der Waals surface area contributed by atoms with Crippen molar-refractivity contribution in [3.05, 3.63) is 65.4 Å². The third-order valence-corrected chi connectivity index (χ3v) is 10.4. The number of anilines is 2. The summed E-state index contributed by atoms with van der Waals surface area (Å²) in [5.41, 5.74) is 6.16. The van der Waals surface area contributed by atoms with Crippen LogP contribution in [0.1, 0.15) is 74.1 Å². The van der Waals surface area contributed by atoms with Crippen LogP contribution in [0, 0.1) is 13.8 Å². The van der Waals surface area contributed by atoms with Gasteiger partial charge in [0.15, 0.2) is 0 Å². The van der Waals surface area contributed by atoms with Crippen molar-refractivity contribution in [1.29, 1.82) is 0 Å². The maximum atomic E-state index is 13.1. The monoisotopic (exact) mass is 621 g/mol. The van der Waals surface area contributed by atoms with E-state index in [2.05, 4.69) is 26.0 Å². The predicted molar refractivity (Wildman–Crippen MR) is 172 cm³/mol. The summed E-state index contributed by atoms with van der Waals surface area (Å²) >= 11 is 0. The second-order valence-corrected chi connectivity index (χ2v) is 13.3. The minimum atomic E-state index is -0.0471. The highest BCUT2D eigenvalue weighted by atomic mass is 16.5. The van der Waals surface area contributed by atoms with E-state index in [1.165, 1.54) is 12.8 Å². The molecule has 4 aliphatic heterocycles. The Balaban J connectivity index is 1.000. The molecule has 0 aliphatic carbocycles. The van der Waals surface area contributed by atoms with Crippen molar-refractivity contribution in [3.8, 4) is 22.6 Å². The van der Waals surface area contributed by atoms with E-state index in [4.69, 9.17) is 8.94 Å². The van der Waals surface area contributed by atoms with E-state index in [0.717, 1.165) is 77.8 Å². The van der Waals surface area contributed by atoms with Gasteiger partial charge in [-0.2, -0.15) is 0 Å². The van der Waals surface area contributed by atoms with E-state index < -0.39 is 0 Å². The smallest absolute Gasteiger partial charge is 0.322 e. The SMILES string of the molecule is Cc1nnc(-c2cc(NC(=O)N3C4CCCC3C4)ccc2CCc2oncc2-c2cc(NC(=O)N3C4CCCC3C4)ccc2C)o1. The van der Waals surface area contributed by atoms with Crippen LogP contribution in [0.15, 0.2) is 51.5 Å². The molecule has 2 aromatic carbocycles. The van der Waals surface area contributed by atoms with Crippen molar-refractivity contribution in [2.45, 2.75) is 102 Å². The van der Waals surface area contributed by atoms with Crippen LogP contribution in [0.5, 0.6) is 0 Å². The minimum absolute atomic E-state index is 0.0162. The quantitative estimate of drug-likeness (QED) is 0.225. The second kappa shape index (κ2) is 11.6. The van der Waals surface area contributed by atoms with Crippen LogP contribution >= 0.6 is 0 Å². The molecule has 4 atom stereocenters. The lowest BCUT2D eigenvalue weighted by Crippen LogP contribution is -2.62. The number of benzene rings is 2. The summed E-state index contributed by atoms with van der Waals surface area (Å²) in [5, 5.41) is 18.7. The van der Waals surface area contributed by atoms with Crippen molar-refractivity contribution in [2.75, 3.05) is 10.6 Å². The molecule has 238 valence electrons. The van der Waals surface area contributed by atoms with Gasteiger partial charge in [-0.15, -0.1) is 10.2 Å². The summed E-state index contributed by atoms with van der Waals surface area (Å²) in [5.74, 6) is 1.63. The van der Waals surface area contributed by atoms with Crippen molar-refractivity contribution in [1.82, 2.24) is 25.2 Å². The summed E-state index contributed by atoms with van der Waals surface area (Å²) in [6.45, 7) is 3.81. The van der Waals surface area contributed by atoms with Crippen molar-refractivity contribution in [2.24, 2.45) is 0 Å². The molecule has 4 saturated heterocycles. The number of urea groups is 2. The first-order valence-corrected chi connectivity index (χ1v) is 16.6. The zero-order valence-corrected chi connectivity index (χ0v) is 26.3. The highest BCUT2D eigenvalue weighted by molar-refractivity contribution is 5.92. The van der Waals surface area contributed by atoms with Gasteiger partial charge in [0.05, 0.1) is 6.20 Å². The molecule has 6 heterocycles. The number of rotatable bonds is 7. The number of hydrogen-bond acceptors (Lipinski definition) is 7. The van der Waals surface area contributed by atoms with Crippen LogP contribution in [-0.4, -0.2) is 61.4 Å². The number of aryl methyl sites for hydroxylation is 4. The molecular formula is C35H39N7O4. The van der Waals surface area contributed by atoms with Crippen molar-refractivity contribution < 1.29 is 18.5 Å². The first kappa shape index (κ1) is 28.8. The molecule has 4 aliphatic rings. The zero-order valence-electron chi connectivity index (χ0n) is 26.3. The molecule has 2 aromatic heterocycles. The topological polar surface area (TPSA) is 130 Å². The van der Waals surface area contributed by atoms with Crippen LogP contribution in [0.3, 0.4) is 0 Å². The Morgan fingerprint density at radius 3 is 1.98 bits per heavy atom. The largest absolute Gasteiger partial charge is 0.421 e. The molecule has 4 unspecified atom stereocenters. The summed E-state index contributed by atoms with van der Waals surface area (Å²) < 4.78 is 11.6. The van der Waals surface area contributed by atoms with Crippen LogP contribution in [0.4, 0.5) is 21.0 Å². The van der Waals surface area contributed by atoms with Gasteiger partial charge in [0.25, 0.3) is 0 Å². The average Bonchev–Trinajstić information content (AvgIpc) is 3.70. The summed E-state index contributed by atoms with van der Waals surface area (Å²) in [6.07, 6.45) is 11.9. The number of hydrogen-bond donors (Lipinski definition) is 2. The molecule has 2 N–H and O–H groups in total. The lowest BCUT2D eigenvalue weighted by Gasteiger charge is -2.52. The second-order valence-electron chi connectivity index (χ2n) is 13.3. The van der Waals surface area contributed by atoms with E-state index in [1.54, 1.807) is 13.1 Å². The minimum Gasteiger partial charge on any atom is -0.421 e. The fourth-order valence-electron chi connectivity index (χ4n) is 8.03. The fourth-order valence-corrected chi connectivity index (χ4v) is 8.03. The molecule has 0 radical (unpaired) electrons. The number of aromatic nitrogens is 3. The standard InChI is InChI=1S/C35H39N7O4/c1-20-9-12-23(37-34(43)41-25-5-3-6-26(41)17-25)15-29(20)31-19-36-46-32(31)14-11-22-10-13-24(16-30(22)33-40-39-21(2)45-33)38-35(44)42-27-7-4-8-28(42)18-27/h9-10,12-13,15-16,19,25-28H,3-8,11,14,17-18H2,1-2H3,(H,37,43)(H,38,44). The Morgan fingerprint density at radius 1 is 0.783 bits per heavy atom. The molecule has 8 rings (SSSR count). The van der Waals surface area contributed by atoms with E-state index in [1.807, 2.05) is 53.1 Å². The summed E-state index contributed by atoms with van der Waals surface area (Å²) in [4.78, 5) is 30.2. The highest BCUT2D eigenvalue weighted by Crippen LogP contribution is 2.40. The molecule has 46 heavy (non-hydrogen) atoms. The first-order chi connectivity index (χ1) is 22.4. The normalized spacial score (nSPS) is 23.0. The number of nitrogens with one attached hydrogen (secondary N) is 2. The van der Waals surface area contributed by atoms with Gasteiger partial charge in [-0.3, -0.25) is 0 Å². The molecular weight excluding hydrogens is 582 g/mol. The van der Waals surface area contributed by atoms with Gasteiger partial charge in [0, 0.05) is 60.0 Å². The number of amides is 4. The third kappa shape index (κ3) is 5.21. The van der Waals surface area contributed by atoms with Crippen LogP contribution in [-0.2, 0) is 12.8 Å². The number of nitrogens with zero attached hydrogens (tertiary/aromatic N) is 5. The maximum Gasteiger partial charge on any atom is 0.322 e. The molecule has 11 nitrogen and oxygen atoms in total. The van der Waals surface area contributed by atoms with Gasteiger partial charge in [-0.1, -0.05) is 17.3 Å². The van der Waals surface area contributed by atoms with Gasteiger partial charge in [-0.05, 0) is 106 Å². The predicted octanol–water partition coefficient (Wildman–Crippen LogP) is 7.11. The Morgan fingerprint density at radius 2 is 1.39 bits per heavy atom. The molecule has 11 heteroatoms. The Hall–Kier alpha value is -4.67. The molecule has 0 spiro atoms. The summed E-state index contributed by atoms with van der Waals surface area (Å²) in [6, 6.07) is 13.2. The van der Waals surface area contributed by atoms with Crippen LogP contribution in [0.25, 0.3) is 22.6 Å². The highest BCUT2D eigenvalue weighted by Gasteiger charge is 2.45. The number of fused-ring (bicyclic) bond motifs is 4. The van der Waals surface area contributed by atoms with Gasteiger partial charge >= 0.3 is 12.1 Å². The van der Waals surface area contributed by atoms with Gasteiger partial charge < -0.3 is 29.4 Å². The van der Waals surface area contributed by atoms with Gasteiger partial charge in [0.2, 0.25) is 11.8 Å². The Kier molecular flexibility index (Phi) is 7.26. The molecule has 4 aromatic rings. The van der Waals surface area contributed by atoms with Crippen molar-refractivity contribution in [3.63, 3.8) is 0 Å². The number of carbonyl (C=O) groups excluding carboxylic acids is 2. The lowest BCUT2D eigenvalue weighted by molar-refractivity contribution is 0.0170. The van der Waals surface area contributed by atoms with Gasteiger partial charge in [-0.25, -0.2) is 9.59 Å². The average molecular weight is 622 g/mol. The van der Waals surface area contributed by atoms with Crippen LogP contribution in [0.2, 0.25) is 0 Å². The summed E-state index contributed by atoms with van der Waals surface area (Å²) in [7, 11) is 0. The Labute approximate surface area is 267 Å². The van der Waals surface area contributed by atoms with E-state index in [9.17, 15) is 9.59 Å². The third-order valence-electron chi connectivity index (χ3n) is 10.4. The number of carbonyl (C=O) groups is 2. The first-order valence-electron chi connectivity index (χ1n) is 16.6. The van der Waals surface area contributed by atoms with Gasteiger partial charge in [0.1, 0.15) is 5.76 Å². The van der Waals surface area contributed by atoms with Crippen LogP contribution < -0.4 is 10.6 Å². The molecule has 4 fully saturated rings. The van der Waals surface area contributed by atoms with E-state index in [0.29, 0.717) is 54.5 Å². The lowest BCUT2D eigenvalue weighted by atomic mass is 9.80. The van der Waals surface area contributed by atoms with Crippen molar-refractivity contribution >= 4 is 23.4 Å². The molecule has 0 saturated carbocycles. The number of piperidine rings is 2. The fraction of sp³-hybridized carbons (Fsp3) is 0.457. The maximum absolute atomic E-state index is 13.1.